The lowest BCUT2D eigenvalue weighted by molar-refractivity contribution is 0.942. The Labute approximate surface area is 166 Å². The molecule has 0 aromatic carbocycles. The van der Waals surface area contributed by atoms with Gasteiger partial charge >= 0.3 is 0 Å². The van der Waals surface area contributed by atoms with Gasteiger partial charge in [-0.25, -0.2) is 9.97 Å². The van der Waals surface area contributed by atoms with Crippen LogP contribution in [-0.2, 0) is 0 Å². The van der Waals surface area contributed by atoms with Crippen LogP contribution in [0.2, 0.25) is 0 Å². The molecule has 6 heteroatoms. The molecule has 0 saturated carbocycles. The summed E-state index contributed by atoms with van der Waals surface area (Å²) >= 11 is 0. The molecule has 146 valence electrons. The van der Waals surface area contributed by atoms with Crippen LogP contribution in [0.25, 0.3) is 16.6 Å². The first-order chi connectivity index (χ1) is 13.6. The summed E-state index contributed by atoms with van der Waals surface area (Å²) in [5, 5.41) is 11.1. The van der Waals surface area contributed by atoms with Crippen LogP contribution in [0.3, 0.4) is 0 Å². The summed E-state index contributed by atoms with van der Waals surface area (Å²) in [4.78, 5) is 9.04. The number of hydrogen-bond donors (Lipinski definition) is 3. The number of allylic oxidation sites excluding steroid dienone is 10. The van der Waals surface area contributed by atoms with Gasteiger partial charge in [-0.05, 0) is 25.0 Å². The predicted octanol–water partition coefficient (Wildman–Crippen LogP) is 5.16. The topological polar surface area (TPSA) is 92.5 Å². The molecule has 4 N–H and O–H groups in total. The quantitative estimate of drug-likeness (QED) is 0.626. The number of nitrogens with one attached hydrogen (secondary N) is 2. The Kier molecular flexibility index (Phi) is 7.51. The summed E-state index contributed by atoms with van der Waals surface area (Å²) in [7, 11) is 0. The molecular formula is C22H28N6. The molecule has 2 heterocycles. The minimum atomic E-state index is 0.368. The number of aromatic amines is 1. The van der Waals surface area contributed by atoms with E-state index in [9.17, 15) is 0 Å². The Morgan fingerprint density at radius 3 is 2.79 bits per heavy atom. The van der Waals surface area contributed by atoms with Crippen molar-refractivity contribution < 1.29 is 0 Å². The van der Waals surface area contributed by atoms with Gasteiger partial charge in [0.1, 0.15) is 17.0 Å². The van der Waals surface area contributed by atoms with Gasteiger partial charge in [-0.15, -0.1) is 0 Å². The zero-order chi connectivity index (χ0) is 20.5. The Morgan fingerprint density at radius 2 is 2.07 bits per heavy atom. The highest BCUT2D eigenvalue weighted by atomic mass is 15.2. The number of rotatable bonds is 5. The summed E-state index contributed by atoms with van der Waals surface area (Å²) in [6, 6.07) is 0. The summed E-state index contributed by atoms with van der Waals surface area (Å²) < 4.78 is 0. The third-order valence-electron chi connectivity index (χ3n) is 3.88. The number of nitrogens with two attached hydrogens (primary N) is 1. The molecule has 2 aromatic heterocycles. The van der Waals surface area contributed by atoms with Gasteiger partial charge in [-0.1, -0.05) is 69.9 Å². The molecule has 6 nitrogen and oxygen atoms in total. The van der Waals surface area contributed by atoms with Gasteiger partial charge in [0.2, 0.25) is 0 Å². The second-order valence-corrected chi connectivity index (χ2v) is 5.94. The SMILES string of the molecule is C=C/C=C(\C=C/C)Nc1[nH]nc2nc(C3=CC=CC(C)C=C3)nc(N)c12.CC. The number of anilines is 2. The van der Waals surface area contributed by atoms with Crippen LogP contribution in [0.1, 0.15) is 33.5 Å². The monoisotopic (exact) mass is 376 g/mol. The molecular weight excluding hydrogens is 348 g/mol. The zero-order valence-electron chi connectivity index (χ0n) is 16.9. The van der Waals surface area contributed by atoms with Crippen molar-refractivity contribution in [3.8, 4) is 0 Å². The molecule has 0 amide bonds. The maximum Gasteiger partial charge on any atom is 0.188 e. The third-order valence-corrected chi connectivity index (χ3v) is 3.88. The van der Waals surface area contributed by atoms with Crippen molar-refractivity contribution in [2.24, 2.45) is 5.92 Å². The minimum absolute atomic E-state index is 0.368. The fourth-order valence-corrected chi connectivity index (χ4v) is 2.62. The number of hydrogen-bond acceptors (Lipinski definition) is 5. The van der Waals surface area contributed by atoms with Gasteiger partial charge < -0.3 is 11.1 Å². The van der Waals surface area contributed by atoms with Crippen LogP contribution in [0.4, 0.5) is 11.6 Å². The molecule has 0 saturated heterocycles. The van der Waals surface area contributed by atoms with Crippen molar-refractivity contribution in [1.82, 2.24) is 20.2 Å². The van der Waals surface area contributed by atoms with Crippen LogP contribution in [0.5, 0.6) is 0 Å². The zero-order valence-corrected chi connectivity index (χ0v) is 16.9. The second-order valence-electron chi connectivity index (χ2n) is 5.94. The van der Waals surface area contributed by atoms with Gasteiger partial charge in [-0.3, -0.25) is 5.10 Å². The average molecular weight is 377 g/mol. The maximum atomic E-state index is 6.22. The van der Waals surface area contributed by atoms with Crippen LogP contribution in [0.15, 0.2) is 67.0 Å². The molecule has 1 aliphatic rings. The maximum absolute atomic E-state index is 6.22. The van der Waals surface area contributed by atoms with Crippen molar-refractivity contribution in [1.29, 1.82) is 0 Å². The van der Waals surface area contributed by atoms with E-state index in [-0.39, 0.29) is 0 Å². The Balaban J connectivity index is 0.00000136. The molecule has 0 radical (unpaired) electrons. The van der Waals surface area contributed by atoms with Crippen LogP contribution in [-0.4, -0.2) is 20.2 Å². The van der Waals surface area contributed by atoms with Gasteiger partial charge in [0.25, 0.3) is 0 Å². The fraction of sp³-hybridized carbons (Fsp3) is 0.227. The molecule has 3 rings (SSSR count). The molecule has 0 spiro atoms. The molecule has 2 aromatic rings. The van der Waals surface area contributed by atoms with Crippen LogP contribution < -0.4 is 11.1 Å². The number of nitrogens with zero attached hydrogens (tertiary/aromatic N) is 3. The van der Waals surface area contributed by atoms with E-state index in [0.717, 1.165) is 11.3 Å². The Hall–Kier alpha value is -3.41. The van der Waals surface area contributed by atoms with Crippen molar-refractivity contribution >= 4 is 28.2 Å². The van der Waals surface area contributed by atoms with Gasteiger partial charge in [0.05, 0.1) is 0 Å². The average Bonchev–Trinajstić information content (AvgIpc) is 2.96. The molecule has 0 bridgehead atoms. The van der Waals surface area contributed by atoms with Crippen LogP contribution in [0, 0.1) is 5.92 Å². The van der Waals surface area contributed by atoms with Gasteiger partial charge in [0, 0.05) is 11.3 Å². The first-order valence-corrected chi connectivity index (χ1v) is 9.43. The number of fused-ring (bicyclic) bond motifs is 1. The fourth-order valence-electron chi connectivity index (χ4n) is 2.62. The minimum Gasteiger partial charge on any atom is -0.383 e. The summed E-state index contributed by atoms with van der Waals surface area (Å²) in [6.45, 7) is 11.8. The van der Waals surface area contributed by atoms with E-state index in [4.69, 9.17) is 5.73 Å². The largest absolute Gasteiger partial charge is 0.383 e. The normalized spacial score (nSPS) is 16.5. The smallest absolute Gasteiger partial charge is 0.188 e. The van der Waals surface area contributed by atoms with Crippen molar-refractivity contribution in [2.75, 3.05) is 11.1 Å². The summed E-state index contributed by atoms with van der Waals surface area (Å²) in [6.07, 6.45) is 17.6. The number of aromatic nitrogens is 4. The molecule has 0 fully saturated rings. The van der Waals surface area contributed by atoms with E-state index in [1.54, 1.807) is 6.08 Å². The second kappa shape index (κ2) is 10.1. The van der Waals surface area contributed by atoms with E-state index in [2.05, 4.69) is 51.1 Å². The van der Waals surface area contributed by atoms with Crippen LogP contribution >= 0.6 is 0 Å². The molecule has 0 aliphatic heterocycles. The van der Waals surface area contributed by atoms with Crippen molar-refractivity contribution in [2.45, 2.75) is 27.7 Å². The summed E-state index contributed by atoms with van der Waals surface area (Å²) in [5.41, 5.74) is 8.49. The Bertz CT molecular complexity index is 972. The number of H-pyrrole nitrogens is 1. The third kappa shape index (κ3) is 4.85. The first kappa shape index (κ1) is 20.9. The van der Waals surface area contributed by atoms with E-state index in [1.165, 1.54) is 0 Å². The molecule has 1 unspecified atom stereocenters. The Morgan fingerprint density at radius 1 is 1.29 bits per heavy atom. The predicted molar refractivity (Wildman–Crippen MR) is 120 cm³/mol. The van der Waals surface area contributed by atoms with Crippen molar-refractivity contribution in [3.63, 3.8) is 0 Å². The summed E-state index contributed by atoms with van der Waals surface area (Å²) in [5.74, 6) is 1.94. The molecule has 1 atom stereocenters. The highest BCUT2D eigenvalue weighted by Crippen LogP contribution is 2.27. The molecule has 1 aliphatic carbocycles. The standard InChI is InChI=1S/C20H22N6.C2H6/c1-4-7-15(8-5-2)22-19-16-17(21)23-18(24-20(16)26-25-19)14-10-6-9-13(3)11-12-14;1-2/h4-13H,1H2,2-3H3,(H4,21,22,23,24,25,26);1-2H3/b8-5-,15-7+;. The van der Waals surface area contributed by atoms with Crippen molar-refractivity contribution in [3.05, 3.63) is 72.8 Å². The van der Waals surface area contributed by atoms with Gasteiger partial charge in [0.15, 0.2) is 11.5 Å². The van der Waals surface area contributed by atoms with E-state index >= 15 is 0 Å². The van der Waals surface area contributed by atoms with E-state index in [0.29, 0.717) is 34.4 Å². The van der Waals surface area contributed by atoms with Gasteiger partial charge in [-0.2, -0.15) is 5.10 Å². The lowest BCUT2D eigenvalue weighted by Crippen LogP contribution is -2.02. The van der Waals surface area contributed by atoms with E-state index < -0.39 is 0 Å². The highest BCUT2D eigenvalue weighted by Gasteiger charge is 2.15. The van der Waals surface area contributed by atoms with E-state index in [1.807, 2.05) is 57.2 Å². The first-order valence-electron chi connectivity index (χ1n) is 9.43. The number of nitrogen functional groups attached to an aromatic ring is 1. The highest BCUT2D eigenvalue weighted by molar-refractivity contribution is 5.97. The lowest BCUT2D eigenvalue weighted by Gasteiger charge is -2.07. The lowest BCUT2D eigenvalue weighted by atomic mass is 10.1. The molecule has 28 heavy (non-hydrogen) atoms.